The van der Waals surface area contributed by atoms with Gasteiger partial charge in [0, 0.05) is 0 Å². The molecule has 20 heavy (non-hydrogen) atoms. The molecule has 0 aromatic rings. The lowest BCUT2D eigenvalue weighted by Crippen LogP contribution is -2.21. The molecule has 0 N–H and O–H groups in total. The molecule has 0 heterocycles. The largest absolute Gasteiger partial charge is 0.460 e. The average molecular weight is 281 g/mol. The van der Waals surface area contributed by atoms with Gasteiger partial charge in [-0.25, -0.2) is 9.59 Å². The van der Waals surface area contributed by atoms with E-state index in [1.54, 1.807) is 0 Å². The van der Waals surface area contributed by atoms with Crippen LogP contribution >= 0.6 is 0 Å². The van der Waals surface area contributed by atoms with Crippen LogP contribution in [0.2, 0.25) is 0 Å². The molecule has 1 unspecified atom stereocenters. The number of carbonyl (C=O) groups is 1. The summed E-state index contributed by atoms with van der Waals surface area (Å²) in [7, 11) is 0. The molecule has 0 aliphatic rings. The van der Waals surface area contributed by atoms with Crippen LogP contribution in [0.25, 0.3) is 0 Å². The van der Waals surface area contributed by atoms with E-state index in [1.165, 1.54) is 50.7 Å². The van der Waals surface area contributed by atoms with Crippen molar-refractivity contribution in [3.8, 4) is 0 Å². The van der Waals surface area contributed by atoms with Crippen LogP contribution in [0.15, 0.2) is 17.6 Å². The van der Waals surface area contributed by atoms with E-state index in [2.05, 4.69) is 18.5 Å². The molecular formula is C16H27NO3. The predicted octanol–water partition coefficient (Wildman–Crippen LogP) is 3.95. The van der Waals surface area contributed by atoms with Crippen LogP contribution in [-0.2, 0) is 14.3 Å². The summed E-state index contributed by atoms with van der Waals surface area (Å²) in [5.41, 5.74) is 0. The molecule has 4 nitrogen and oxygen atoms in total. The molecule has 0 bridgehead atoms. The molecule has 0 aromatic heterocycles. The fourth-order valence-corrected chi connectivity index (χ4v) is 2.01. The van der Waals surface area contributed by atoms with Crippen molar-refractivity contribution in [1.82, 2.24) is 0 Å². The predicted molar refractivity (Wildman–Crippen MR) is 80.3 cm³/mol. The topological polar surface area (TPSA) is 55.7 Å². The van der Waals surface area contributed by atoms with Gasteiger partial charge in [-0.05, 0) is 6.42 Å². The maximum absolute atomic E-state index is 11.6. The SMILES string of the molecule is C=CCOC(=O)C(CCCCCCCCCC)N=C=O. The van der Waals surface area contributed by atoms with Crippen molar-refractivity contribution < 1.29 is 14.3 Å². The molecule has 0 aliphatic heterocycles. The Kier molecular flexibility index (Phi) is 13.0. The molecule has 0 spiro atoms. The van der Waals surface area contributed by atoms with Gasteiger partial charge in [0.1, 0.15) is 6.61 Å². The van der Waals surface area contributed by atoms with Gasteiger partial charge in [0.2, 0.25) is 6.08 Å². The van der Waals surface area contributed by atoms with Crippen LogP contribution in [0.1, 0.15) is 64.7 Å². The number of ether oxygens (including phenoxy) is 1. The molecule has 0 radical (unpaired) electrons. The molecule has 1 atom stereocenters. The Bertz CT molecular complexity index is 309. The van der Waals surface area contributed by atoms with E-state index < -0.39 is 12.0 Å². The van der Waals surface area contributed by atoms with Crippen LogP contribution < -0.4 is 0 Å². The van der Waals surface area contributed by atoms with Gasteiger partial charge in [-0.1, -0.05) is 70.9 Å². The molecule has 0 aliphatic carbocycles. The minimum Gasteiger partial charge on any atom is -0.460 e. The molecule has 0 saturated carbocycles. The number of hydrogen-bond donors (Lipinski definition) is 0. The number of carbonyl (C=O) groups excluding carboxylic acids is 2. The number of esters is 1. The van der Waals surface area contributed by atoms with Gasteiger partial charge < -0.3 is 4.74 Å². The summed E-state index contributed by atoms with van der Waals surface area (Å²) in [4.78, 5) is 25.4. The monoisotopic (exact) mass is 281 g/mol. The number of unbranched alkanes of at least 4 members (excludes halogenated alkanes) is 7. The van der Waals surface area contributed by atoms with Crippen molar-refractivity contribution in [1.29, 1.82) is 0 Å². The summed E-state index contributed by atoms with van der Waals surface area (Å²) in [6.45, 7) is 5.83. The van der Waals surface area contributed by atoms with Gasteiger partial charge in [0.15, 0.2) is 6.04 Å². The van der Waals surface area contributed by atoms with E-state index in [-0.39, 0.29) is 6.61 Å². The number of isocyanates is 1. The van der Waals surface area contributed by atoms with Crippen molar-refractivity contribution >= 4 is 12.0 Å². The Hall–Kier alpha value is -1.41. The Balaban J connectivity index is 3.73. The highest BCUT2D eigenvalue weighted by atomic mass is 16.5. The zero-order valence-electron chi connectivity index (χ0n) is 12.6. The van der Waals surface area contributed by atoms with E-state index in [1.807, 2.05) is 0 Å². The van der Waals surface area contributed by atoms with Gasteiger partial charge in [-0.2, -0.15) is 4.99 Å². The molecule has 0 fully saturated rings. The number of aliphatic imine (C=N–C) groups is 1. The summed E-state index contributed by atoms with van der Waals surface area (Å²) < 4.78 is 4.90. The van der Waals surface area contributed by atoms with Crippen LogP contribution in [0.4, 0.5) is 0 Å². The third-order valence-electron chi connectivity index (χ3n) is 3.16. The highest BCUT2D eigenvalue weighted by molar-refractivity contribution is 5.76. The average Bonchev–Trinajstić information content (AvgIpc) is 2.46. The maximum atomic E-state index is 11.6. The quantitative estimate of drug-likeness (QED) is 0.169. The molecule has 0 aromatic carbocycles. The van der Waals surface area contributed by atoms with Crippen molar-refractivity contribution in [2.45, 2.75) is 70.8 Å². The summed E-state index contributed by atoms with van der Waals surface area (Å²) >= 11 is 0. The third kappa shape index (κ3) is 10.5. The maximum Gasteiger partial charge on any atom is 0.332 e. The first-order valence-corrected chi connectivity index (χ1v) is 7.60. The van der Waals surface area contributed by atoms with Crippen molar-refractivity contribution in [2.75, 3.05) is 6.61 Å². The van der Waals surface area contributed by atoms with E-state index in [0.717, 1.165) is 12.8 Å². The smallest absolute Gasteiger partial charge is 0.332 e. The zero-order valence-corrected chi connectivity index (χ0v) is 12.6. The first-order chi connectivity index (χ1) is 9.76. The lowest BCUT2D eigenvalue weighted by Gasteiger charge is -2.09. The van der Waals surface area contributed by atoms with Gasteiger partial charge in [0.05, 0.1) is 0 Å². The van der Waals surface area contributed by atoms with Gasteiger partial charge in [-0.15, -0.1) is 0 Å². The minimum absolute atomic E-state index is 0.154. The summed E-state index contributed by atoms with van der Waals surface area (Å²) in [6, 6.07) is -0.701. The van der Waals surface area contributed by atoms with Gasteiger partial charge in [-0.3, -0.25) is 0 Å². The minimum atomic E-state index is -0.701. The molecular weight excluding hydrogens is 254 g/mol. The summed E-state index contributed by atoms with van der Waals surface area (Å²) in [5.74, 6) is -0.462. The number of rotatable bonds is 13. The highest BCUT2D eigenvalue weighted by Gasteiger charge is 2.18. The number of nitrogens with zero attached hydrogens (tertiary/aromatic N) is 1. The van der Waals surface area contributed by atoms with Crippen LogP contribution in [-0.4, -0.2) is 24.7 Å². The van der Waals surface area contributed by atoms with Crippen LogP contribution in [0.5, 0.6) is 0 Å². The molecule has 0 amide bonds. The fourth-order valence-electron chi connectivity index (χ4n) is 2.01. The Morgan fingerprint density at radius 2 is 1.80 bits per heavy atom. The Labute approximate surface area is 122 Å². The van der Waals surface area contributed by atoms with Crippen LogP contribution in [0.3, 0.4) is 0 Å². The zero-order chi connectivity index (χ0) is 15.1. The van der Waals surface area contributed by atoms with E-state index in [0.29, 0.717) is 6.42 Å². The summed E-state index contributed by atoms with van der Waals surface area (Å²) in [5, 5.41) is 0. The highest BCUT2D eigenvalue weighted by Crippen LogP contribution is 2.12. The lowest BCUT2D eigenvalue weighted by atomic mass is 10.0. The second-order valence-electron chi connectivity index (χ2n) is 4.92. The standard InChI is InChI=1S/C16H27NO3/c1-3-5-6-7-8-9-10-11-12-15(17-14-18)16(19)20-13-4-2/h4,15H,2-3,5-13H2,1H3. The molecule has 0 saturated heterocycles. The van der Waals surface area contributed by atoms with Crippen molar-refractivity contribution in [3.63, 3.8) is 0 Å². The second-order valence-corrected chi connectivity index (χ2v) is 4.92. The Morgan fingerprint density at radius 1 is 1.20 bits per heavy atom. The third-order valence-corrected chi connectivity index (χ3v) is 3.16. The van der Waals surface area contributed by atoms with E-state index >= 15 is 0 Å². The van der Waals surface area contributed by atoms with Crippen LogP contribution in [0, 0.1) is 0 Å². The normalized spacial score (nSPS) is 11.4. The second kappa shape index (κ2) is 14.0. The van der Waals surface area contributed by atoms with Crippen molar-refractivity contribution in [3.05, 3.63) is 12.7 Å². The lowest BCUT2D eigenvalue weighted by molar-refractivity contribution is -0.144. The first kappa shape index (κ1) is 18.6. The van der Waals surface area contributed by atoms with E-state index in [9.17, 15) is 9.59 Å². The van der Waals surface area contributed by atoms with Gasteiger partial charge in [0.25, 0.3) is 0 Å². The Morgan fingerprint density at radius 3 is 2.35 bits per heavy atom. The number of hydrogen-bond acceptors (Lipinski definition) is 4. The van der Waals surface area contributed by atoms with Gasteiger partial charge >= 0.3 is 5.97 Å². The molecule has 114 valence electrons. The molecule has 4 heteroatoms. The van der Waals surface area contributed by atoms with Crippen molar-refractivity contribution in [2.24, 2.45) is 4.99 Å². The van der Waals surface area contributed by atoms with E-state index in [4.69, 9.17) is 4.74 Å². The first-order valence-electron chi connectivity index (χ1n) is 7.60. The molecule has 0 rings (SSSR count). The fraction of sp³-hybridized carbons (Fsp3) is 0.750. The summed E-state index contributed by atoms with van der Waals surface area (Å²) in [6.07, 6.45) is 13.0.